The van der Waals surface area contributed by atoms with Gasteiger partial charge in [-0.25, -0.2) is 4.39 Å². The molecule has 0 saturated carbocycles. The van der Waals surface area contributed by atoms with Crippen LogP contribution in [0.25, 0.3) is 0 Å². The first-order valence-corrected chi connectivity index (χ1v) is 6.28. The van der Waals surface area contributed by atoms with Gasteiger partial charge in [-0.05, 0) is 50.6 Å². The molecule has 19 heavy (non-hydrogen) atoms. The van der Waals surface area contributed by atoms with Gasteiger partial charge in [0.15, 0.2) is 11.6 Å². The quantitative estimate of drug-likeness (QED) is 0.911. The van der Waals surface area contributed by atoms with Crippen molar-refractivity contribution in [1.82, 2.24) is 4.68 Å². The van der Waals surface area contributed by atoms with E-state index in [0.29, 0.717) is 0 Å². The van der Waals surface area contributed by atoms with Crippen LogP contribution in [0, 0.1) is 19.7 Å². The molecule has 0 radical (unpaired) electrons. The van der Waals surface area contributed by atoms with Crippen molar-refractivity contribution in [2.75, 3.05) is 12.5 Å². The number of nitrogens with one attached hydrogen (secondary N) is 1. The van der Waals surface area contributed by atoms with Crippen LogP contribution in [0.3, 0.4) is 0 Å². The maximum absolute atomic E-state index is 13.7. The summed E-state index contributed by atoms with van der Waals surface area (Å²) in [5.41, 5.74) is 6.48. The smallest absolute Gasteiger partial charge is 0.165 e. The lowest BCUT2D eigenvalue weighted by molar-refractivity contribution is 0.386. The van der Waals surface area contributed by atoms with Gasteiger partial charge in [-0.1, -0.05) is 6.07 Å². The summed E-state index contributed by atoms with van der Waals surface area (Å²) in [4.78, 5) is 0. The van der Waals surface area contributed by atoms with Crippen LogP contribution in [0.4, 0.5) is 4.39 Å². The minimum atomic E-state index is -0.338. The van der Waals surface area contributed by atoms with Crippen molar-refractivity contribution in [3.8, 4) is 5.75 Å². The molecular weight excluding hydrogens is 243 g/mol. The maximum atomic E-state index is 13.7. The Hall–Kier alpha value is -1.97. The first kappa shape index (κ1) is 13.5. The van der Waals surface area contributed by atoms with Crippen molar-refractivity contribution < 1.29 is 9.13 Å². The van der Waals surface area contributed by atoms with Crippen molar-refractivity contribution >= 4 is 0 Å². The van der Waals surface area contributed by atoms with Gasteiger partial charge in [0.1, 0.15) is 0 Å². The molecule has 1 atom stereocenters. The van der Waals surface area contributed by atoms with E-state index in [0.717, 1.165) is 17.0 Å². The zero-order valence-corrected chi connectivity index (χ0v) is 11.7. The van der Waals surface area contributed by atoms with E-state index >= 15 is 0 Å². The van der Waals surface area contributed by atoms with E-state index in [-0.39, 0.29) is 17.6 Å². The lowest BCUT2D eigenvalue weighted by Gasteiger charge is -2.20. The summed E-state index contributed by atoms with van der Waals surface area (Å²) in [7, 11) is 1.46. The zero-order chi connectivity index (χ0) is 14.0. The summed E-state index contributed by atoms with van der Waals surface area (Å²) in [6, 6.07) is 9.12. The molecule has 2 rings (SSSR count). The summed E-state index contributed by atoms with van der Waals surface area (Å²) >= 11 is 0. The first-order valence-electron chi connectivity index (χ1n) is 6.28. The van der Waals surface area contributed by atoms with Crippen LogP contribution in [-0.2, 0) is 0 Å². The highest BCUT2D eigenvalue weighted by Crippen LogP contribution is 2.22. The lowest BCUT2D eigenvalue weighted by Crippen LogP contribution is -2.21. The molecule has 1 heterocycles. The third-order valence-corrected chi connectivity index (χ3v) is 3.27. The van der Waals surface area contributed by atoms with Crippen LogP contribution >= 0.6 is 0 Å². The molecule has 0 aliphatic carbocycles. The molecule has 0 spiro atoms. The molecule has 1 unspecified atom stereocenters. The van der Waals surface area contributed by atoms with Crippen LogP contribution in [0.1, 0.15) is 29.9 Å². The highest BCUT2D eigenvalue weighted by molar-refractivity contribution is 5.32. The molecule has 4 heteroatoms. The fourth-order valence-electron chi connectivity index (χ4n) is 2.09. The fourth-order valence-corrected chi connectivity index (χ4v) is 2.09. The molecule has 0 amide bonds. The van der Waals surface area contributed by atoms with Crippen molar-refractivity contribution in [2.45, 2.75) is 26.8 Å². The first-order chi connectivity index (χ1) is 9.02. The molecular formula is C15H19FN2O. The number of ether oxygens (including phenoxy) is 1. The normalized spacial score (nSPS) is 12.3. The number of rotatable bonds is 4. The van der Waals surface area contributed by atoms with Gasteiger partial charge in [0.25, 0.3) is 0 Å². The number of methoxy groups -OCH3 is 1. The zero-order valence-electron chi connectivity index (χ0n) is 11.7. The number of aromatic nitrogens is 1. The van der Waals surface area contributed by atoms with Gasteiger partial charge in [0, 0.05) is 11.4 Å². The number of hydrogen-bond acceptors (Lipinski definition) is 2. The van der Waals surface area contributed by atoms with Gasteiger partial charge in [0.05, 0.1) is 13.2 Å². The van der Waals surface area contributed by atoms with Crippen molar-refractivity contribution in [2.24, 2.45) is 0 Å². The Morgan fingerprint density at radius 2 is 1.79 bits per heavy atom. The number of aryl methyl sites for hydroxylation is 2. The molecule has 1 aromatic carbocycles. The molecule has 1 aromatic heterocycles. The van der Waals surface area contributed by atoms with Crippen LogP contribution < -0.4 is 10.2 Å². The van der Waals surface area contributed by atoms with Crippen LogP contribution in [0.15, 0.2) is 30.3 Å². The van der Waals surface area contributed by atoms with Crippen LogP contribution in [0.2, 0.25) is 0 Å². The van der Waals surface area contributed by atoms with Gasteiger partial charge < -0.3 is 10.2 Å². The monoisotopic (exact) mass is 262 g/mol. The van der Waals surface area contributed by atoms with E-state index in [1.807, 2.05) is 43.6 Å². The average molecular weight is 262 g/mol. The maximum Gasteiger partial charge on any atom is 0.165 e. The van der Waals surface area contributed by atoms with Gasteiger partial charge in [-0.15, -0.1) is 0 Å². The van der Waals surface area contributed by atoms with Crippen molar-refractivity contribution in [3.63, 3.8) is 0 Å². The summed E-state index contributed by atoms with van der Waals surface area (Å²) in [6.45, 7) is 6.06. The third-order valence-electron chi connectivity index (χ3n) is 3.27. The second-order valence-corrected chi connectivity index (χ2v) is 4.70. The number of hydrogen-bond donors (Lipinski definition) is 1. The van der Waals surface area contributed by atoms with E-state index in [9.17, 15) is 4.39 Å². The van der Waals surface area contributed by atoms with E-state index < -0.39 is 0 Å². The SMILES string of the molecule is COc1ccc(C(C)Nn2c(C)ccc2C)cc1F. The standard InChI is InChI=1S/C15H19FN2O/c1-10-5-6-11(2)18(10)17-12(3)13-7-8-15(19-4)14(16)9-13/h5-9,12,17H,1-4H3. The highest BCUT2D eigenvalue weighted by Gasteiger charge is 2.11. The van der Waals surface area contributed by atoms with Crippen LogP contribution in [-0.4, -0.2) is 11.8 Å². The Kier molecular flexibility index (Phi) is 3.79. The third kappa shape index (κ3) is 2.72. The van der Waals surface area contributed by atoms with E-state index in [1.54, 1.807) is 6.07 Å². The summed E-state index contributed by atoms with van der Waals surface area (Å²) in [6.07, 6.45) is 0. The van der Waals surface area contributed by atoms with Gasteiger partial charge in [-0.2, -0.15) is 0 Å². The van der Waals surface area contributed by atoms with Gasteiger partial charge in [-0.3, -0.25) is 4.68 Å². The second-order valence-electron chi connectivity index (χ2n) is 4.70. The minimum Gasteiger partial charge on any atom is -0.494 e. The Bertz CT molecular complexity index is 558. The molecule has 1 N–H and O–H groups in total. The highest BCUT2D eigenvalue weighted by atomic mass is 19.1. The second kappa shape index (κ2) is 5.34. The molecule has 0 bridgehead atoms. The fraction of sp³-hybridized carbons (Fsp3) is 0.333. The van der Waals surface area contributed by atoms with Crippen molar-refractivity contribution in [1.29, 1.82) is 0 Å². The van der Waals surface area contributed by atoms with Gasteiger partial charge >= 0.3 is 0 Å². The molecule has 0 aliphatic rings. The summed E-state index contributed by atoms with van der Waals surface area (Å²) in [5, 5.41) is 0. The molecule has 3 nitrogen and oxygen atoms in total. The van der Waals surface area contributed by atoms with Gasteiger partial charge in [0.2, 0.25) is 0 Å². The number of nitrogens with zero attached hydrogens (tertiary/aromatic N) is 1. The minimum absolute atomic E-state index is 0.00482. The number of halogens is 1. The molecule has 0 saturated heterocycles. The summed E-state index contributed by atoms with van der Waals surface area (Å²) < 4.78 is 20.6. The topological polar surface area (TPSA) is 26.2 Å². The Morgan fingerprint density at radius 3 is 2.32 bits per heavy atom. The van der Waals surface area contributed by atoms with Crippen LogP contribution in [0.5, 0.6) is 5.75 Å². The Morgan fingerprint density at radius 1 is 1.16 bits per heavy atom. The Balaban J connectivity index is 2.20. The summed E-state index contributed by atoms with van der Waals surface area (Å²) in [5.74, 6) is -0.0705. The number of benzene rings is 1. The van der Waals surface area contributed by atoms with E-state index in [4.69, 9.17) is 4.74 Å². The molecule has 0 fully saturated rings. The Labute approximate surface area is 113 Å². The largest absolute Gasteiger partial charge is 0.494 e. The molecule has 0 aliphatic heterocycles. The molecule has 102 valence electrons. The van der Waals surface area contributed by atoms with E-state index in [1.165, 1.54) is 13.2 Å². The van der Waals surface area contributed by atoms with E-state index in [2.05, 4.69) is 5.43 Å². The predicted molar refractivity (Wildman–Crippen MR) is 74.6 cm³/mol. The lowest BCUT2D eigenvalue weighted by atomic mass is 10.1. The average Bonchev–Trinajstić information content (AvgIpc) is 2.70. The molecule has 2 aromatic rings. The predicted octanol–water partition coefficient (Wildman–Crippen LogP) is 3.56. The van der Waals surface area contributed by atoms with Crippen molar-refractivity contribution in [3.05, 3.63) is 53.1 Å².